The highest BCUT2D eigenvalue weighted by atomic mass is 16.5. The van der Waals surface area contributed by atoms with Crippen LogP contribution < -0.4 is 0 Å². The zero-order valence-electron chi connectivity index (χ0n) is 25.1. The maximum atomic E-state index is 11.8. The van der Waals surface area contributed by atoms with E-state index in [-0.39, 0.29) is 23.9 Å². The van der Waals surface area contributed by atoms with E-state index in [1.165, 1.54) is 39.9 Å². The molecule has 0 bridgehead atoms. The molecule has 0 heterocycles. The van der Waals surface area contributed by atoms with Gasteiger partial charge in [-0.1, -0.05) is 66.2 Å². The topological polar surface area (TPSA) is 105 Å². The van der Waals surface area contributed by atoms with E-state index in [1.54, 1.807) is 0 Å². The summed E-state index contributed by atoms with van der Waals surface area (Å²) in [6.45, 7) is 9.71. The van der Waals surface area contributed by atoms with E-state index in [0.29, 0.717) is 76.4 Å². The summed E-state index contributed by atoms with van der Waals surface area (Å²) in [5.74, 6) is 0.207. The summed E-state index contributed by atoms with van der Waals surface area (Å²) in [6.07, 6.45) is 13.3. The van der Waals surface area contributed by atoms with Crippen LogP contribution in [0.2, 0.25) is 0 Å². The first-order valence-corrected chi connectivity index (χ1v) is 14.7. The van der Waals surface area contributed by atoms with Crippen LogP contribution in [0.4, 0.5) is 0 Å². The smallest absolute Gasteiger partial charge is 0.305 e. The maximum Gasteiger partial charge on any atom is 0.305 e. The van der Waals surface area contributed by atoms with E-state index in [0.717, 1.165) is 25.7 Å². The van der Waals surface area contributed by atoms with Crippen molar-refractivity contribution in [3.05, 3.63) is 0 Å². The van der Waals surface area contributed by atoms with Gasteiger partial charge in [-0.15, -0.1) is 0 Å². The van der Waals surface area contributed by atoms with Crippen LogP contribution in [0.5, 0.6) is 0 Å². The monoisotopic (exact) mass is 544 g/mol. The molecule has 0 saturated heterocycles. The number of carbonyl (C=O) groups excluding carboxylic acids is 4. The zero-order valence-corrected chi connectivity index (χ0v) is 25.1. The molecular weight excluding hydrogens is 488 g/mol. The largest absolute Gasteiger partial charge is 0.469 e. The summed E-state index contributed by atoms with van der Waals surface area (Å²) in [6, 6.07) is 0. The lowest BCUT2D eigenvalue weighted by molar-refractivity contribution is -0.147. The van der Waals surface area contributed by atoms with Crippen LogP contribution in [0.25, 0.3) is 0 Å². The summed E-state index contributed by atoms with van der Waals surface area (Å²) in [7, 11) is 2.70. The molecule has 224 valence electrons. The highest BCUT2D eigenvalue weighted by Crippen LogP contribution is 2.15. The van der Waals surface area contributed by atoms with Crippen molar-refractivity contribution in [2.45, 2.75) is 130 Å². The zero-order chi connectivity index (χ0) is 29.0. The summed E-state index contributed by atoms with van der Waals surface area (Å²) >= 11 is 0. The van der Waals surface area contributed by atoms with Crippen molar-refractivity contribution in [3.63, 3.8) is 0 Å². The third-order valence-corrected chi connectivity index (χ3v) is 6.53. The van der Waals surface area contributed by atoms with Gasteiger partial charge in [-0.3, -0.25) is 19.2 Å². The number of esters is 4. The number of hydrogen-bond donors (Lipinski definition) is 0. The highest BCUT2D eigenvalue weighted by Gasteiger charge is 2.12. The lowest BCUT2D eigenvalue weighted by Gasteiger charge is -2.15. The van der Waals surface area contributed by atoms with Crippen molar-refractivity contribution in [3.8, 4) is 0 Å². The first-order valence-electron chi connectivity index (χ1n) is 14.7. The molecular formula is C30H56O8. The van der Waals surface area contributed by atoms with Gasteiger partial charge in [-0.25, -0.2) is 0 Å². The van der Waals surface area contributed by atoms with Gasteiger partial charge in [-0.2, -0.15) is 0 Å². The van der Waals surface area contributed by atoms with Gasteiger partial charge in [0, 0.05) is 25.7 Å². The predicted octanol–water partition coefficient (Wildman–Crippen LogP) is 6.96. The van der Waals surface area contributed by atoms with Crippen LogP contribution in [0.15, 0.2) is 0 Å². The second kappa shape index (κ2) is 27.9. The average Bonchev–Trinajstić information content (AvgIpc) is 2.93. The summed E-state index contributed by atoms with van der Waals surface area (Å²) in [5.41, 5.74) is 0. The fraction of sp³-hybridized carbons (Fsp3) is 0.867. The highest BCUT2D eigenvalue weighted by molar-refractivity contribution is 5.71. The Kier molecular flexibility index (Phi) is 27.9. The molecule has 0 N–H and O–H groups in total. The summed E-state index contributed by atoms with van der Waals surface area (Å²) < 4.78 is 19.6. The van der Waals surface area contributed by atoms with E-state index in [4.69, 9.17) is 9.47 Å². The molecule has 0 aromatic heterocycles. The lowest BCUT2D eigenvalue weighted by Crippen LogP contribution is -2.15. The minimum atomic E-state index is -0.236. The summed E-state index contributed by atoms with van der Waals surface area (Å²) in [5, 5.41) is 0. The number of rotatable bonds is 22. The average molecular weight is 545 g/mol. The molecule has 2 unspecified atom stereocenters. The molecule has 0 radical (unpaired) electrons. The van der Waals surface area contributed by atoms with Gasteiger partial charge in [0.2, 0.25) is 0 Å². The molecule has 0 aliphatic rings. The third-order valence-electron chi connectivity index (χ3n) is 6.53. The molecule has 0 amide bonds. The van der Waals surface area contributed by atoms with E-state index in [9.17, 15) is 19.2 Å². The Morgan fingerprint density at radius 2 is 0.816 bits per heavy atom. The van der Waals surface area contributed by atoms with Crippen LogP contribution in [-0.4, -0.2) is 51.3 Å². The molecule has 8 heteroatoms. The number of unbranched alkanes of at least 4 members (excludes halogenated alkanes) is 4. The Balaban J connectivity index is 0. The maximum absolute atomic E-state index is 11.8. The van der Waals surface area contributed by atoms with Crippen molar-refractivity contribution in [2.24, 2.45) is 11.8 Å². The molecule has 0 spiro atoms. The molecule has 0 aromatic carbocycles. The van der Waals surface area contributed by atoms with Crippen LogP contribution in [-0.2, 0) is 38.1 Å². The molecule has 38 heavy (non-hydrogen) atoms. The van der Waals surface area contributed by atoms with Gasteiger partial charge >= 0.3 is 23.9 Å². The van der Waals surface area contributed by atoms with Gasteiger partial charge < -0.3 is 18.9 Å². The van der Waals surface area contributed by atoms with E-state index >= 15 is 0 Å². The molecule has 2 atom stereocenters. The molecule has 0 aliphatic heterocycles. The number of methoxy groups -OCH3 is 2. The van der Waals surface area contributed by atoms with Crippen LogP contribution >= 0.6 is 0 Å². The van der Waals surface area contributed by atoms with Gasteiger partial charge in [0.25, 0.3) is 0 Å². The minimum Gasteiger partial charge on any atom is -0.469 e. The Bertz CT molecular complexity index is 553. The molecule has 0 rings (SSSR count). The number of ether oxygens (including phenoxy) is 4. The molecule has 0 aromatic rings. The standard InChI is InChI=1S/C22H42O4.C8H14O4/c1-5-9-13-19(7-3)17-25-21(23)15-11-12-16-22(24)26-18-20(8-4)14-10-6-2;1-11-7(9)5-3-4-6-8(10)12-2/h19-20H,5-18H2,1-4H3;3-6H2,1-2H3. The van der Waals surface area contributed by atoms with E-state index < -0.39 is 0 Å². The van der Waals surface area contributed by atoms with Crippen molar-refractivity contribution < 1.29 is 38.1 Å². The van der Waals surface area contributed by atoms with Crippen molar-refractivity contribution in [1.29, 1.82) is 0 Å². The van der Waals surface area contributed by atoms with Gasteiger partial charge in [-0.05, 0) is 50.4 Å². The molecule has 0 aliphatic carbocycles. The Labute approximate surface area is 231 Å². The second-order valence-electron chi connectivity index (χ2n) is 9.77. The molecule has 8 nitrogen and oxygen atoms in total. The van der Waals surface area contributed by atoms with Crippen molar-refractivity contribution in [2.75, 3.05) is 27.4 Å². The van der Waals surface area contributed by atoms with Gasteiger partial charge in [0.05, 0.1) is 27.4 Å². The lowest BCUT2D eigenvalue weighted by atomic mass is 10.0. The van der Waals surface area contributed by atoms with E-state index in [1.807, 2.05) is 0 Å². The fourth-order valence-corrected chi connectivity index (χ4v) is 3.64. The molecule has 0 saturated carbocycles. The normalized spacial score (nSPS) is 11.9. The fourth-order valence-electron chi connectivity index (χ4n) is 3.64. The minimum absolute atomic E-state index is 0.140. The van der Waals surface area contributed by atoms with Gasteiger partial charge in [0.1, 0.15) is 0 Å². The van der Waals surface area contributed by atoms with Crippen molar-refractivity contribution >= 4 is 23.9 Å². The van der Waals surface area contributed by atoms with Crippen LogP contribution in [0, 0.1) is 11.8 Å². The van der Waals surface area contributed by atoms with Crippen LogP contribution in [0.1, 0.15) is 130 Å². The SMILES string of the molecule is CCCCC(CC)COC(=O)CCCCC(=O)OCC(CC)CCCC.COC(=O)CCCCC(=O)OC. The Morgan fingerprint density at radius 1 is 0.500 bits per heavy atom. The Hall–Kier alpha value is -2.12. The number of carbonyl (C=O) groups is 4. The predicted molar refractivity (Wildman–Crippen MR) is 149 cm³/mol. The first-order chi connectivity index (χ1) is 18.3. The van der Waals surface area contributed by atoms with Gasteiger partial charge in [0.15, 0.2) is 0 Å². The third kappa shape index (κ3) is 25.5. The summed E-state index contributed by atoms with van der Waals surface area (Å²) in [4.78, 5) is 44.8. The quantitative estimate of drug-likeness (QED) is 0.0818. The van der Waals surface area contributed by atoms with E-state index in [2.05, 4.69) is 37.2 Å². The molecule has 0 fully saturated rings. The van der Waals surface area contributed by atoms with Crippen LogP contribution in [0.3, 0.4) is 0 Å². The Morgan fingerprint density at radius 3 is 1.08 bits per heavy atom. The first kappa shape index (κ1) is 38.0. The second-order valence-corrected chi connectivity index (χ2v) is 9.77. The van der Waals surface area contributed by atoms with Crippen molar-refractivity contribution in [1.82, 2.24) is 0 Å². The number of hydrogen-bond acceptors (Lipinski definition) is 8.